The Labute approximate surface area is 212 Å². The molecule has 0 bridgehead atoms. The van der Waals surface area contributed by atoms with Crippen LogP contribution in [-0.4, -0.2) is 54.1 Å². The van der Waals surface area contributed by atoms with Crippen molar-refractivity contribution in [3.8, 4) is 0 Å². The van der Waals surface area contributed by atoms with Crippen molar-refractivity contribution in [2.24, 2.45) is 11.7 Å². The van der Waals surface area contributed by atoms with Crippen LogP contribution in [0.3, 0.4) is 0 Å². The number of piperidine rings is 1. The summed E-state index contributed by atoms with van der Waals surface area (Å²) >= 11 is 0. The third-order valence-electron chi connectivity index (χ3n) is 7.34. The molecule has 2 fully saturated rings. The van der Waals surface area contributed by atoms with Crippen molar-refractivity contribution in [3.05, 3.63) is 102 Å². The second kappa shape index (κ2) is 10.5. The van der Waals surface area contributed by atoms with Crippen LogP contribution in [0.15, 0.2) is 91.0 Å². The molecule has 0 saturated carbocycles. The molecule has 1 atom stereocenters. The number of amides is 2. The Kier molecular flexibility index (Phi) is 7.02. The highest BCUT2D eigenvalue weighted by Gasteiger charge is 2.52. The van der Waals surface area contributed by atoms with E-state index in [1.54, 1.807) is 4.90 Å². The molecule has 0 aliphatic carbocycles. The number of anilines is 1. The normalized spacial score (nSPS) is 19.9. The Balaban J connectivity index is 1.24. The van der Waals surface area contributed by atoms with Crippen molar-refractivity contribution in [1.29, 1.82) is 0 Å². The van der Waals surface area contributed by atoms with Gasteiger partial charge in [0.2, 0.25) is 5.91 Å². The van der Waals surface area contributed by atoms with E-state index in [-0.39, 0.29) is 24.3 Å². The minimum Gasteiger partial charge on any atom is -0.376 e. The molecule has 3 aromatic carbocycles. The Morgan fingerprint density at radius 3 is 1.97 bits per heavy atom. The maximum Gasteiger partial charge on any atom is 0.254 e. The summed E-state index contributed by atoms with van der Waals surface area (Å²) in [7, 11) is 0. The van der Waals surface area contributed by atoms with Crippen LogP contribution in [-0.2, 0) is 15.1 Å². The Morgan fingerprint density at radius 2 is 1.42 bits per heavy atom. The van der Waals surface area contributed by atoms with Crippen molar-refractivity contribution < 1.29 is 9.59 Å². The number of nitrogens with two attached hydrogens (primary N) is 1. The molecule has 2 aliphatic heterocycles. The molecule has 2 saturated heterocycles. The fraction of sp³-hybridized carbons (Fsp3) is 0.310. The first-order chi connectivity index (χ1) is 17.6. The van der Waals surface area contributed by atoms with Crippen LogP contribution in [0.25, 0.3) is 0 Å². The summed E-state index contributed by atoms with van der Waals surface area (Å²) < 4.78 is 0. The monoisotopic (exact) mass is 483 g/mol. The van der Waals surface area contributed by atoms with Gasteiger partial charge in [-0.2, -0.15) is 0 Å². The van der Waals surface area contributed by atoms with E-state index in [0.29, 0.717) is 19.6 Å². The number of hydrogen-bond donors (Lipinski definition) is 3. The second-order valence-electron chi connectivity index (χ2n) is 9.57. The van der Waals surface area contributed by atoms with Crippen molar-refractivity contribution in [3.63, 3.8) is 0 Å². The average molecular weight is 484 g/mol. The molecule has 0 aromatic heterocycles. The van der Waals surface area contributed by atoms with Gasteiger partial charge in [0.15, 0.2) is 5.54 Å². The van der Waals surface area contributed by atoms with E-state index < -0.39 is 11.8 Å². The number of nitrogens with one attached hydrogen (secondary N) is 2. The van der Waals surface area contributed by atoms with Crippen LogP contribution in [0.4, 0.5) is 5.69 Å². The average Bonchev–Trinajstić information content (AvgIpc) is 3.19. The summed E-state index contributed by atoms with van der Waals surface area (Å²) in [6.07, 6.45) is 1.10. The van der Waals surface area contributed by atoms with Crippen LogP contribution >= 0.6 is 0 Å². The molecule has 2 amide bonds. The van der Waals surface area contributed by atoms with Crippen LogP contribution < -0.4 is 16.4 Å². The Bertz CT molecular complexity index is 1120. The van der Waals surface area contributed by atoms with Crippen molar-refractivity contribution in [2.45, 2.75) is 24.7 Å². The highest BCUT2D eigenvalue weighted by molar-refractivity contribution is 5.94. The number of nitrogens with zero attached hydrogens (tertiary/aromatic N) is 2. The van der Waals surface area contributed by atoms with Crippen molar-refractivity contribution >= 4 is 17.5 Å². The molecular weight excluding hydrogens is 450 g/mol. The van der Waals surface area contributed by atoms with Crippen LogP contribution in [0.1, 0.15) is 24.0 Å². The summed E-state index contributed by atoms with van der Waals surface area (Å²) in [6, 6.07) is 29.3. The summed E-state index contributed by atoms with van der Waals surface area (Å²) in [6.45, 7) is 2.23. The molecule has 4 N–H and O–H groups in total. The van der Waals surface area contributed by atoms with Gasteiger partial charge < -0.3 is 15.1 Å². The first kappa shape index (κ1) is 24.0. The van der Waals surface area contributed by atoms with E-state index in [1.807, 2.05) is 95.9 Å². The number of benzene rings is 3. The van der Waals surface area contributed by atoms with E-state index in [1.165, 1.54) is 0 Å². The van der Waals surface area contributed by atoms with Gasteiger partial charge in [-0.15, -0.1) is 0 Å². The number of carbonyl (C=O) groups is 2. The molecule has 5 rings (SSSR count). The van der Waals surface area contributed by atoms with E-state index in [2.05, 4.69) is 10.6 Å². The van der Waals surface area contributed by atoms with E-state index in [0.717, 1.165) is 29.7 Å². The molecule has 7 heteroatoms. The van der Waals surface area contributed by atoms with Gasteiger partial charge in [-0.3, -0.25) is 20.6 Å². The van der Waals surface area contributed by atoms with Gasteiger partial charge in [0, 0.05) is 25.3 Å². The van der Waals surface area contributed by atoms with Crippen LogP contribution in [0, 0.1) is 5.92 Å². The fourth-order valence-corrected chi connectivity index (χ4v) is 5.34. The highest BCUT2D eigenvalue weighted by atomic mass is 16.2. The predicted molar refractivity (Wildman–Crippen MR) is 141 cm³/mol. The Morgan fingerprint density at radius 1 is 0.889 bits per heavy atom. The van der Waals surface area contributed by atoms with Gasteiger partial charge >= 0.3 is 0 Å². The fourth-order valence-electron chi connectivity index (χ4n) is 5.34. The van der Waals surface area contributed by atoms with Gasteiger partial charge in [0.25, 0.3) is 5.91 Å². The zero-order chi connectivity index (χ0) is 25.0. The molecule has 1 unspecified atom stereocenters. The summed E-state index contributed by atoms with van der Waals surface area (Å²) in [4.78, 5) is 30.4. The van der Waals surface area contributed by atoms with Crippen molar-refractivity contribution in [1.82, 2.24) is 15.1 Å². The van der Waals surface area contributed by atoms with E-state index in [4.69, 9.17) is 5.73 Å². The standard InChI is InChI=1S/C29H33N5O2/c30-28-32-29(23-10-4-1-5-11-23,24-12-6-2-7-13-24)27(36)34(28)21-22-16-18-33(19-17-22)26(35)20-31-25-14-8-3-9-15-25/h1-15,22,28,31-32H,16-21,30H2. The molecule has 7 nitrogen and oxygen atoms in total. The highest BCUT2D eigenvalue weighted by Crippen LogP contribution is 2.37. The Hall–Kier alpha value is -3.68. The van der Waals surface area contributed by atoms with E-state index >= 15 is 0 Å². The maximum absolute atomic E-state index is 14.0. The van der Waals surface area contributed by atoms with Gasteiger partial charge in [-0.25, -0.2) is 0 Å². The lowest BCUT2D eigenvalue weighted by atomic mass is 9.82. The van der Waals surface area contributed by atoms with Gasteiger partial charge in [-0.05, 0) is 42.0 Å². The molecule has 2 aliphatic rings. The maximum atomic E-state index is 14.0. The molecule has 3 aromatic rings. The molecule has 0 spiro atoms. The van der Waals surface area contributed by atoms with Crippen LogP contribution in [0.5, 0.6) is 0 Å². The number of para-hydroxylation sites is 1. The lowest BCUT2D eigenvalue weighted by Gasteiger charge is -2.35. The molecular formula is C29H33N5O2. The smallest absolute Gasteiger partial charge is 0.254 e. The van der Waals surface area contributed by atoms with Gasteiger partial charge in [0.05, 0.1) is 6.54 Å². The first-order valence-corrected chi connectivity index (χ1v) is 12.6. The zero-order valence-corrected chi connectivity index (χ0v) is 20.3. The topological polar surface area (TPSA) is 90.7 Å². The SMILES string of the molecule is NC1NC(c2ccccc2)(c2ccccc2)C(=O)N1CC1CCN(C(=O)CNc2ccccc2)CC1. The zero-order valence-electron chi connectivity index (χ0n) is 20.3. The first-order valence-electron chi connectivity index (χ1n) is 12.6. The largest absolute Gasteiger partial charge is 0.376 e. The van der Waals surface area contributed by atoms with Crippen molar-refractivity contribution in [2.75, 3.05) is 31.5 Å². The molecule has 186 valence electrons. The summed E-state index contributed by atoms with van der Waals surface area (Å²) in [5.41, 5.74) is 8.22. The minimum atomic E-state index is -1.01. The predicted octanol–water partition coefficient (Wildman–Crippen LogP) is 2.96. The lowest BCUT2D eigenvalue weighted by Crippen LogP contribution is -2.49. The van der Waals surface area contributed by atoms with E-state index in [9.17, 15) is 9.59 Å². The second-order valence-corrected chi connectivity index (χ2v) is 9.57. The van der Waals surface area contributed by atoms with Gasteiger partial charge in [-0.1, -0.05) is 78.9 Å². The lowest BCUT2D eigenvalue weighted by molar-refractivity contribution is -0.134. The third kappa shape index (κ3) is 4.72. The quantitative estimate of drug-likeness (QED) is 0.481. The molecule has 0 radical (unpaired) electrons. The van der Waals surface area contributed by atoms with Crippen LogP contribution in [0.2, 0.25) is 0 Å². The number of hydrogen-bond acceptors (Lipinski definition) is 5. The number of rotatable bonds is 7. The summed E-state index contributed by atoms with van der Waals surface area (Å²) in [5, 5.41) is 6.62. The van der Waals surface area contributed by atoms with Gasteiger partial charge in [0.1, 0.15) is 6.29 Å². The molecule has 36 heavy (non-hydrogen) atoms. The number of likely N-dealkylation sites (tertiary alicyclic amines) is 1. The summed E-state index contributed by atoms with van der Waals surface area (Å²) in [5.74, 6) is 0.355. The minimum absolute atomic E-state index is 0.0297. The number of carbonyl (C=O) groups excluding carboxylic acids is 2. The molecule has 2 heterocycles. The third-order valence-corrected chi connectivity index (χ3v) is 7.34.